The van der Waals surface area contributed by atoms with Crippen LogP contribution in [0.3, 0.4) is 0 Å². The minimum Gasteiger partial charge on any atom is -0.389 e. The number of hydrogen-bond acceptors (Lipinski definition) is 3. The first-order chi connectivity index (χ1) is 10.1. The zero-order valence-corrected chi connectivity index (χ0v) is 12.6. The molecular weight excluding hydrogens is 292 g/mol. The maximum atomic E-state index is 14.2. The van der Waals surface area contributed by atoms with E-state index in [1.165, 1.54) is 18.9 Å². The number of hydrogen-bond donors (Lipinski definition) is 1. The summed E-state index contributed by atoms with van der Waals surface area (Å²) in [6, 6.07) is 3.50. The third-order valence-electron chi connectivity index (χ3n) is 4.49. The van der Waals surface area contributed by atoms with Crippen molar-refractivity contribution in [1.29, 1.82) is 0 Å². The Bertz CT molecular complexity index is 558. The van der Waals surface area contributed by atoms with Crippen LogP contribution in [0, 0.1) is 11.6 Å². The molecule has 2 heterocycles. The molecule has 0 bridgehead atoms. The molecule has 0 aromatic heterocycles. The summed E-state index contributed by atoms with van der Waals surface area (Å²) in [5.74, 6) is -1.79. The van der Waals surface area contributed by atoms with E-state index >= 15 is 0 Å². The lowest BCUT2D eigenvalue weighted by molar-refractivity contribution is 0.260. The summed E-state index contributed by atoms with van der Waals surface area (Å²) >= 11 is 4.73. The van der Waals surface area contributed by atoms with Crippen LogP contribution in [-0.4, -0.2) is 42.1 Å². The summed E-state index contributed by atoms with van der Waals surface area (Å²) in [7, 11) is 0. The number of thiocarbonyl (C=S) groups is 1. The van der Waals surface area contributed by atoms with Gasteiger partial charge in [0.15, 0.2) is 11.6 Å². The van der Waals surface area contributed by atoms with Gasteiger partial charge < -0.3 is 10.6 Å². The smallest absolute Gasteiger partial charge is 0.182 e. The van der Waals surface area contributed by atoms with Gasteiger partial charge in [-0.3, -0.25) is 4.90 Å². The van der Waals surface area contributed by atoms with Crippen LogP contribution in [0.4, 0.5) is 14.5 Å². The molecule has 2 N–H and O–H groups in total. The second-order valence-electron chi connectivity index (χ2n) is 5.76. The Hall–Kier alpha value is -1.27. The van der Waals surface area contributed by atoms with Crippen LogP contribution in [0.5, 0.6) is 0 Å². The molecule has 6 heteroatoms. The maximum Gasteiger partial charge on any atom is 0.182 e. The monoisotopic (exact) mass is 311 g/mol. The summed E-state index contributed by atoms with van der Waals surface area (Å²) in [5.41, 5.74) is 5.68. The predicted molar refractivity (Wildman–Crippen MR) is 83.7 cm³/mol. The first-order valence-corrected chi connectivity index (χ1v) is 7.75. The molecule has 2 saturated heterocycles. The molecule has 2 aliphatic heterocycles. The van der Waals surface area contributed by atoms with Crippen molar-refractivity contribution in [3.8, 4) is 0 Å². The van der Waals surface area contributed by atoms with Crippen LogP contribution < -0.4 is 10.6 Å². The van der Waals surface area contributed by atoms with E-state index in [2.05, 4.69) is 4.90 Å². The molecule has 1 aromatic carbocycles. The zero-order chi connectivity index (χ0) is 15.0. The second-order valence-corrected chi connectivity index (χ2v) is 6.20. The molecular formula is C15H19F2N3S. The largest absolute Gasteiger partial charge is 0.389 e. The molecule has 0 aliphatic carbocycles. The highest BCUT2D eigenvalue weighted by molar-refractivity contribution is 7.80. The third kappa shape index (κ3) is 2.74. The van der Waals surface area contributed by atoms with Gasteiger partial charge in [-0.05, 0) is 44.5 Å². The maximum absolute atomic E-state index is 14.2. The summed E-state index contributed by atoms with van der Waals surface area (Å²) in [6.07, 6.45) is 3.47. The fourth-order valence-electron chi connectivity index (χ4n) is 3.34. The lowest BCUT2D eigenvalue weighted by Crippen LogP contribution is -2.35. The summed E-state index contributed by atoms with van der Waals surface area (Å²) in [5, 5.41) is 0. The Balaban J connectivity index is 1.78. The first kappa shape index (κ1) is 14.7. The van der Waals surface area contributed by atoms with E-state index in [1.807, 2.05) is 4.90 Å². The average Bonchev–Trinajstić information content (AvgIpc) is 3.10. The number of anilines is 1. The highest BCUT2D eigenvalue weighted by atomic mass is 32.1. The number of nitrogens with zero attached hydrogens (tertiary/aromatic N) is 2. The summed E-state index contributed by atoms with van der Waals surface area (Å²) < 4.78 is 28.2. The predicted octanol–water partition coefficient (Wildman–Crippen LogP) is 2.27. The number of halogens is 2. The van der Waals surface area contributed by atoms with Crippen molar-refractivity contribution >= 4 is 22.9 Å². The van der Waals surface area contributed by atoms with E-state index in [9.17, 15) is 8.78 Å². The van der Waals surface area contributed by atoms with E-state index < -0.39 is 11.6 Å². The minimum absolute atomic E-state index is 0.0264. The number of rotatable bonds is 3. The highest BCUT2D eigenvalue weighted by Crippen LogP contribution is 2.29. The molecule has 2 aliphatic rings. The first-order valence-electron chi connectivity index (χ1n) is 7.34. The summed E-state index contributed by atoms with van der Waals surface area (Å²) in [6.45, 7) is 3.75. The fraction of sp³-hybridized carbons (Fsp3) is 0.533. The third-order valence-corrected chi connectivity index (χ3v) is 4.71. The van der Waals surface area contributed by atoms with Gasteiger partial charge in [0.2, 0.25) is 0 Å². The Morgan fingerprint density at radius 1 is 1.14 bits per heavy atom. The van der Waals surface area contributed by atoms with Gasteiger partial charge in [0.25, 0.3) is 0 Å². The standard InChI is InChI=1S/C15H19F2N3S/c16-13-11(15(18)21)3-4-12(14(13)17)20-8-5-10(9-20)19-6-1-2-7-19/h3-4,10H,1-2,5-9H2,(H2,18,21). The SMILES string of the molecule is NC(=S)c1ccc(N2CCC(N3CCCC3)C2)c(F)c1F. The topological polar surface area (TPSA) is 32.5 Å². The highest BCUT2D eigenvalue weighted by Gasteiger charge is 2.31. The van der Waals surface area contributed by atoms with Crippen molar-refractivity contribution in [1.82, 2.24) is 4.90 Å². The number of nitrogens with two attached hydrogens (primary N) is 1. The molecule has 21 heavy (non-hydrogen) atoms. The Labute approximate surface area is 128 Å². The zero-order valence-electron chi connectivity index (χ0n) is 11.8. The fourth-order valence-corrected chi connectivity index (χ4v) is 3.50. The lowest BCUT2D eigenvalue weighted by atomic mass is 10.1. The van der Waals surface area contributed by atoms with E-state index in [4.69, 9.17) is 18.0 Å². The van der Waals surface area contributed by atoms with Gasteiger partial charge in [-0.2, -0.15) is 0 Å². The molecule has 0 radical (unpaired) electrons. The van der Waals surface area contributed by atoms with Gasteiger partial charge in [-0.15, -0.1) is 0 Å². The van der Waals surface area contributed by atoms with E-state index in [1.54, 1.807) is 6.07 Å². The van der Waals surface area contributed by atoms with Crippen molar-refractivity contribution in [3.63, 3.8) is 0 Å². The van der Waals surface area contributed by atoms with Gasteiger partial charge in [-0.25, -0.2) is 8.78 Å². The molecule has 1 unspecified atom stereocenters. The van der Waals surface area contributed by atoms with Gasteiger partial charge in [0.05, 0.1) is 5.69 Å². The van der Waals surface area contributed by atoms with Crippen LogP contribution >= 0.6 is 12.2 Å². The second kappa shape index (κ2) is 5.85. The summed E-state index contributed by atoms with van der Waals surface area (Å²) in [4.78, 5) is 4.26. The van der Waals surface area contributed by atoms with Crippen LogP contribution in [0.1, 0.15) is 24.8 Å². The van der Waals surface area contributed by atoms with Crippen LogP contribution in [0.2, 0.25) is 0 Å². The lowest BCUT2D eigenvalue weighted by Gasteiger charge is -2.25. The van der Waals surface area contributed by atoms with E-state index in [0.717, 1.165) is 32.6 Å². The molecule has 0 spiro atoms. The molecule has 3 rings (SSSR count). The Kier molecular flexibility index (Phi) is 4.08. The van der Waals surface area contributed by atoms with Gasteiger partial charge in [-0.1, -0.05) is 12.2 Å². The van der Waals surface area contributed by atoms with Gasteiger partial charge in [0, 0.05) is 24.7 Å². The molecule has 3 nitrogen and oxygen atoms in total. The van der Waals surface area contributed by atoms with Crippen molar-refractivity contribution in [2.75, 3.05) is 31.1 Å². The molecule has 114 valence electrons. The Morgan fingerprint density at radius 3 is 2.52 bits per heavy atom. The van der Waals surface area contributed by atoms with Crippen LogP contribution in [0.25, 0.3) is 0 Å². The number of benzene rings is 1. The number of likely N-dealkylation sites (tertiary alicyclic amines) is 1. The van der Waals surface area contributed by atoms with E-state index in [-0.39, 0.29) is 10.6 Å². The van der Waals surface area contributed by atoms with Crippen molar-refractivity contribution in [3.05, 3.63) is 29.3 Å². The van der Waals surface area contributed by atoms with Gasteiger partial charge >= 0.3 is 0 Å². The average molecular weight is 311 g/mol. The quantitative estimate of drug-likeness (QED) is 0.868. The molecule has 2 fully saturated rings. The molecule has 0 saturated carbocycles. The van der Waals surface area contributed by atoms with Crippen LogP contribution in [-0.2, 0) is 0 Å². The van der Waals surface area contributed by atoms with Crippen molar-refractivity contribution in [2.24, 2.45) is 5.73 Å². The van der Waals surface area contributed by atoms with Crippen LogP contribution in [0.15, 0.2) is 12.1 Å². The normalized spacial score (nSPS) is 23.0. The molecule has 1 atom stereocenters. The minimum atomic E-state index is -0.940. The molecule has 1 aromatic rings. The Morgan fingerprint density at radius 2 is 1.86 bits per heavy atom. The van der Waals surface area contributed by atoms with Crippen molar-refractivity contribution < 1.29 is 8.78 Å². The van der Waals surface area contributed by atoms with Gasteiger partial charge in [0.1, 0.15) is 4.99 Å². The van der Waals surface area contributed by atoms with E-state index in [0.29, 0.717) is 11.7 Å². The molecule has 0 amide bonds. The van der Waals surface area contributed by atoms with Crippen molar-refractivity contribution in [2.45, 2.75) is 25.3 Å².